The average molecular weight is 465 g/mol. The van der Waals surface area contributed by atoms with Crippen LogP contribution in [0.15, 0.2) is 121 Å². The molecule has 0 aliphatic heterocycles. The minimum Gasteiger partial charge on any atom is -0.317 e. The lowest BCUT2D eigenvalue weighted by Gasteiger charge is -2.10. The fourth-order valence-corrected chi connectivity index (χ4v) is 6.79. The molecule has 0 amide bonds. The third kappa shape index (κ3) is 2.64. The van der Waals surface area contributed by atoms with E-state index in [4.69, 9.17) is 0 Å². The van der Waals surface area contributed by atoms with Crippen molar-refractivity contribution >= 4 is 64.2 Å². The van der Waals surface area contributed by atoms with Crippen LogP contribution in [0.5, 0.6) is 0 Å². The maximum Gasteiger partial charge on any atom is 0.0640 e. The molecule has 0 bridgehead atoms. The Labute approximate surface area is 205 Å². The van der Waals surface area contributed by atoms with Crippen LogP contribution < -0.4 is 0 Å². The number of benzene rings is 5. The molecule has 3 aromatic heterocycles. The highest BCUT2D eigenvalue weighted by Gasteiger charge is 2.17. The average Bonchev–Trinajstić information content (AvgIpc) is 3.59. The van der Waals surface area contributed by atoms with Crippen molar-refractivity contribution < 1.29 is 0 Å². The Morgan fingerprint density at radius 2 is 1.29 bits per heavy atom. The van der Waals surface area contributed by atoms with Crippen LogP contribution in [-0.4, -0.2) is 9.13 Å². The summed E-state index contributed by atoms with van der Waals surface area (Å²) in [4.78, 5) is 0. The fraction of sp³-hybridized carbons (Fsp3) is 0. The van der Waals surface area contributed by atoms with Gasteiger partial charge in [0.2, 0.25) is 0 Å². The second-order valence-corrected chi connectivity index (χ2v) is 10.1. The Morgan fingerprint density at radius 1 is 0.514 bits per heavy atom. The summed E-state index contributed by atoms with van der Waals surface area (Å²) in [5.41, 5.74) is 6.14. The molecule has 8 aromatic rings. The third-order valence-electron chi connectivity index (χ3n) is 7.14. The van der Waals surface area contributed by atoms with Crippen molar-refractivity contribution in [1.82, 2.24) is 9.13 Å². The molecule has 0 saturated carbocycles. The lowest BCUT2D eigenvalue weighted by atomic mass is 10.1. The number of aromatic nitrogens is 2. The lowest BCUT2D eigenvalue weighted by Crippen LogP contribution is -1.94. The van der Waals surface area contributed by atoms with E-state index in [2.05, 4.69) is 131 Å². The number of rotatable bonds is 2. The predicted octanol–water partition coefficient (Wildman–Crippen LogP) is 9.10. The maximum absolute atomic E-state index is 2.46. The monoisotopic (exact) mass is 464 g/mol. The molecule has 2 nitrogen and oxygen atoms in total. The molecule has 35 heavy (non-hydrogen) atoms. The van der Waals surface area contributed by atoms with E-state index >= 15 is 0 Å². The van der Waals surface area contributed by atoms with E-state index in [9.17, 15) is 0 Å². The Bertz CT molecular complexity index is 2050. The van der Waals surface area contributed by atoms with Gasteiger partial charge in [0.25, 0.3) is 0 Å². The van der Waals surface area contributed by atoms with E-state index in [0.29, 0.717) is 0 Å². The van der Waals surface area contributed by atoms with E-state index in [1.807, 2.05) is 11.3 Å². The molecule has 3 heteroatoms. The summed E-state index contributed by atoms with van der Waals surface area (Å²) in [5, 5.41) is 6.46. The first kappa shape index (κ1) is 19.0. The normalized spacial score (nSPS) is 12.0. The largest absolute Gasteiger partial charge is 0.317 e. The molecule has 0 aliphatic rings. The maximum atomic E-state index is 2.46. The first-order valence-electron chi connectivity index (χ1n) is 11.9. The second kappa shape index (κ2) is 7.08. The zero-order chi connectivity index (χ0) is 22.9. The molecule has 0 fully saturated rings. The second-order valence-electron chi connectivity index (χ2n) is 9.05. The van der Waals surface area contributed by atoms with Gasteiger partial charge in [0.05, 0.1) is 26.9 Å². The Balaban J connectivity index is 1.50. The van der Waals surface area contributed by atoms with E-state index in [0.717, 1.165) is 0 Å². The van der Waals surface area contributed by atoms with Gasteiger partial charge in [-0.25, -0.2) is 0 Å². The van der Waals surface area contributed by atoms with Crippen LogP contribution >= 0.6 is 11.3 Å². The topological polar surface area (TPSA) is 9.86 Å². The minimum atomic E-state index is 1.18. The van der Waals surface area contributed by atoms with Crippen molar-refractivity contribution in [1.29, 1.82) is 0 Å². The summed E-state index contributed by atoms with van der Waals surface area (Å²) < 4.78 is 7.41. The Kier molecular flexibility index (Phi) is 3.85. The molecular weight excluding hydrogens is 444 g/mol. The van der Waals surface area contributed by atoms with Gasteiger partial charge in [-0.1, -0.05) is 66.7 Å². The summed E-state index contributed by atoms with van der Waals surface area (Å²) in [6, 6.07) is 41.8. The van der Waals surface area contributed by atoms with Crippen LogP contribution in [0.25, 0.3) is 64.3 Å². The highest BCUT2D eigenvalue weighted by Crippen LogP contribution is 2.41. The summed E-state index contributed by atoms with van der Waals surface area (Å²) >= 11 is 1.88. The molecule has 0 unspecified atom stereocenters. The van der Waals surface area contributed by atoms with Crippen LogP contribution in [0.2, 0.25) is 0 Å². The standard InChI is InChI=1S/C32H20N2S/c1-2-9-22(10-3-1)33-18-17-21-19-30-26(20-29(21)33)23-11-4-6-14-27(23)34(30)28-15-8-13-25-24-12-5-7-16-31(24)35-32(25)28/h1-20H. The first-order valence-corrected chi connectivity index (χ1v) is 12.7. The van der Waals surface area contributed by atoms with Gasteiger partial charge in [0.1, 0.15) is 0 Å². The molecule has 5 aromatic carbocycles. The molecule has 8 rings (SSSR count). The van der Waals surface area contributed by atoms with Crippen molar-refractivity contribution in [3.05, 3.63) is 121 Å². The molecule has 3 heterocycles. The van der Waals surface area contributed by atoms with Crippen molar-refractivity contribution in [2.24, 2.45) is 0 Å². The summed E-state index contributed by atoms with van der Waals surface area (Å²) in [7, 11) is 0. The third-order valence-corrected chi connectivity index (χ3v) is 8.35. The van der Waals surface area contributed by atoms with Crippen LogP contribution in [0.4, 0.5) is 0 Å². The highest BCUT2D eigenvalue weighted by molar-refractivity contribution is 7.26. The number of hydrogen-bond donors (Lipinski definition) is 0. The van der Waals surface area contributed by atoms with E-state index in [-0.39, 0.29) is 0 Å². The molecule has 0 saturated heterocycles. The fourth-order valence-electron chi connectivity index (χ4n) is 5.58. The van der Waals surface area contributed by atoms with Crippen LogP contribution in [0.3, 0.4) is 0 Å². The smallest absolute Gasteiger partial charge is 0.0640 e. The minimum absolute atomic E-state index is 1.18. The lowest BCUT2D eigenvalue weighted by molar-refractivity contribution is 1.13. The number of thiophene rings is 1. The molecule has 164 valence electrons. The van der Waals surface area contributed by atoms with Crippen molar-refractivity contribution in [2.45, 2.75) is 0 Å². The van der Waals surface area contributed by atoms with Crippen LogP contribution in [0, 0.1) is 0 Å². The summed E-state index contributed by atoms with van der Waals surface area (Å²) in [6.45, 7) is 0. The first-order chi connectivity index (χ1) is 17.4. The van der Waals surface area contributed by atoms with Crippen molar-refractivity contribution in [3.63, 3.8) is 0 Å². The Morgan fingerprint density at radius 3 is 2.20 bits per heavy atom. The number of nitrogens with zero attached hydrogens (tertiary/aromatic N) is 2. The molecular formula is C32H20N2S. The van der Waals surface area contributed by atoms with Crippen molar-refractivity contribution in [2.75, 3.05) is 0 Å². The van der Waals surface area contributed by atoms with Gasteiger partial charge >= 0.3 is 0 Å². The summed E-state index contributed by atoms with van der Waals surface area (Å²) in [5.74, 6) is 0. The van der Waals surface area contributed by atoms with Gasteiger partial charge in [-0.3, -0.25) is 0 Å². The predicted molar refractivity (Wildman–Crippen MR) is 151 cm³/mol. The van der Waals surface area contributed by atoms with Gasteiger partial charge in [-0.15, -0.1) is 11.3 Å². The van der Waals surface area contributed by atoms with Gasteiger partial charge in [-0.2, -0.15) is 0 Å². The van der Waals surface area contributed by atoms with E-state index in [1.165, 1.54) is 64.3 Å². The Hall–Kier alpha value is -4.34. The highest BCUT2D eigenvalue weighted by atomic mass is 32.1. The van der Waals surface area contributed by atoms with E-state index in [1.54, 1.807) is 0 Å². The van der Waals surface area contributed by atoms with E-state index < -0.39 is 0 Å². The number of para-hydroxylation sites is 2. The molecule has 0 radical (unpaired) electrons. The van der Waals surface area contributed by atoms with Gasteiger partial charge in [0, 0.05) is 43.5 Å². The van der Waals surface area contributed by atoms with Crippen molar-refractivity contribution in [3.8, 4) is 11.4 Å². The van der Waals surface area contributed by atoms with Gasteiger partial charge in [-0.05, 0) is 48.5 Å². The van der Waals surface area contributed by atoms with Crippen LogP contribution in [0.1, 0.15) is 0 Å². The number of fused-ring (bicyclic) bond motifs is 7. The van der Waals surface area contributed by atoms with Gasteiger partial charge in [0.15, 0.2) is 0 Å². The summed E-state index contributed by atoms with van der Waals surface area (Å²) in [6.07, 6.45) is 2.18. The SMILES string of the molecule is c1ccc(-n2ccc3cc4c(cc32)c2ccccc2n4-c2cccc3c2sc2ccccc23)cc1. The zero-order valence-corrected chi connectivity index (χ0v) is 19.7. The molecule has 0 spiro atoms. The molecule has 0 N–H and O–H groups in total. The zero-order valence-electron chi connectivity index (χ0n) is 18.8. The van der Waals surface area contributed by atoms with Crippen LogP contribution in [-0.2, 0) is 0 Å². The van der Waals surface area contributed by atoms with Gasteiger partial charge < -0.3 is 9.13 Å². The number of hydrogen-bond acceptors (Lipinski definition) is 1. The molecule has 0 aliphatic carbocycles. The molecule has 0 atom stereocenters. The quantitative estimate of drug-likeness (QED) is 0.241.